The zero-order valence-corrected chi connectivity index (χ0v) is 15.4. The van der Waals surface area contributed by atoms with Crippen molar-refractivity contribution in [2.24, 2.45) is 0 Å². The Hall–Kier alpha value is -2.55. The van der Waals surface area contributed by atoms with Crippen LogP contribution in [0.2, 0.25) is 0 Å². The van der Waals surface area contributed by atoms with Gasteiger partial charge in [-0.05, 0) is 37.1 Å². The van der Waals surface area contributed by atoms with Crippen LogP contribution in [0, 0.1) is 11.6 Å². The number of halogens is 2. The lowest BCUT2D eigenvalue weighted by molar-refractivity contribution is 0.515. The van der Waals surface area contributed by atoms with Crippen molar-refractivity contribution in [1.82, 2.24) is 15.0 Å². The predicted molar refractivity (Wildman–Crippen MR) is 99.3 cm³/mol. The maximum absolute atomic E-state index is 14.0. The minimum absolute atomic E-state index is 0.0596. The lowest BCUT2D eigenvalue weighted by atomic mass is 10.1. The van der Waals surface area contributed by atoms with E-state index in [0.717, 1.165) is 6.07 Å². The minimum atomic E-state index is -3.06. The van der Waals surface area contributed by atoms with Crippen molar-refractivity contribution in [1.29, 1.82) is 0 Å². The Labute approximate surface area is 155 Å². The average Bonchev–Trinajstić information content (AvgIpc) is 3.09. The van der Waals surface area contributed by atoms with Crippen molar-refractivity contribution in [2.75, 3.05) is 24.2 Å². The number of hydrogen-bond acceptors (Lipinski definition) is 5. The molecule has 1 aromatic carbocycles. The lowest BCUT2D eigenvalue weighted by Gasteiger charge is -2.32. The molecule has 3 aromatic rings. The van der Waals surface area contributed by atoms with Gasteiger partial charge in [-0.3, -0.25) is 0 Å². The standard InChI is InChI=1S/C18H18F2N4O2S/c1-27(25,26)11-6-9-24(10-7-11)18-12(3-2-8-21-18)17-22-14-5-4-13(19)15(20)16(14)23-17/h2-5,8,11H,6-7,9-10H2,1H3,(H,22,23). The number of aromatic amines is 1. The molecule has 1 aliphatic heterocycles. The first-order valence-corrected chi connectivity index (χ1v) is 10.5. The number of pyridine rings is 1. The van der Waals surface area contributed by atoms with Crippen LogP contribution in [0.25, 0.3) is 22.4 Å². The molecule has 6 nitrogen and oxygen atoms in total. The SMILES string of the molecule is CS(=O)(=O)C1CCN(c2ncccc2-c2nc3c(F)c(F)ccc3[nH]2)CC1. The molecule has 4 rings (SSSR count). The molecule has 1 aliphatic rings. The number of rotatable bonds is 3. The summed E-state index contributed by atoms with van der Waals surface area (Å²) in [4.78, 5) is 13.7. The fraction of sp³-hybridized carbons (Fsp3) is 0.333. The van der Waals surface area contributed by atoms with E-state index in [-0.39, 0.29) is 10.8 Å². The second kappa shape index (κ2) is 6.56. The second-order valence-electron chi connectivity index (χ2n) is 6.73. The molecule has 1 saturated heterocycles. The number of hydrogen-bond donors (Lipinski definition) is 1. The smallest absolute Gasteiger partial charge is 0.186 e. The molecule has 0 amide bonds. The molecule has 0 saturated carbocycles. The highest BCUT2D eigenvalue weighted by atomic mass is 32.2. The van der Waals surface area contributed by atoms with Crippen molar-refractivity contribution < 1.29 is 17.2 Å². The number of imidazole rings is 1. The highest BCUT2D eigenvalue weighted by Gasteiger charge is 2.28. The van der Waals surface area contributed by atoms with Gasteiger partial charge >= 0.3 is 0 Å². The molecule has 1 fully saturated rings. The van der Waals surface area contributed by atoms with Gasteiger partial charge in [0.15, 0.2) is 11.6 Å². The van der Waals surface area contributed by atoms with Gasteiger partial charge in [-0.15, -0.1) is 0 Å². The predicted octanol–water partition coefficient (Wildman–Crippen LogP) is 2.92. The summed E-state index contributed by atoms with van der Waals surface area (Å²) in [5.74, 6) is -0.906. The van der Waals surface area contributed by atoms with E-state index in [1.54, 1.807) is 18.3 Å². The van der Waals surface area contributed by atoms with Crippen LogP contribution in [-0.4, -0.2) is 48.0 Å². The summed E-state index contributed by atoms with van der Waals surface area (Å²) in [6, 6.07) is 6.04. The molecule has 3 heterocycles. The topological polar surface area (TPSA) is 79.0 Å². The third kappa shape index (κ3) is 3.27. The molecule has 1 N–H and O–H groups in total. The van der Waals surface area contributed by atoms with Gasteiger partial charge in [-0.1, -0.05) is 0 Å². The van der Waals surface area contributed by atoms with Gasteiger partial charge < -0.3 is 9.88 Å². The van der Waals surface area contributed by atoms with Gasteiger partial charge in [-0.25, -0.2) is 27.2 Å². The van der Waals surface area contributed by atoms with Gasteiger partial charge in [-0.2, -0.15) is 0 Å². The van der Waals surface area contributed by atoms with Gasteiger partial charge in [0, 0.05) is 25.5 Å². The average molecular weight is 392 g/mol. The molecule has 142 valence electrons. The molecular formula is C18H18F2N4O2S. The molecule has 9 heteroatoms. The van der Waals surface area contributed by atoms with Crippen LogP contribution in [0.5, 0.6) is 0 Å². The van der Waals surface area contributed by atoms with E-state index in [4.69, 9.17) is 0 Å². The molecule has 0 bridgehead atoms. The van der Waals surface area contributed by atoms with E-state index in [9.17, 15) is 17.2 Å². The number of fused-ring (bicyclic) bond motifs is 1. The van der Waals surface area contributed by atoms with E-state index in [2.05, 4.69) is 15.0 Å². The van der Waals surface area contributed by atoms with Crippen molar-refractivity contribution in [3.63, 3.8) is 0 Å². The molecule has 0 aliphatic carbocycles. The normalized spacial score (nSPS) is 16.2. The maximum Gasteiger partial charge on any atom is 0.186 e. The summed E-state index contributed by atoms with van der Waals surface area (Å²) in [7, 11) is -3.06. The van der Waals surface area contributed by atoms with Crippen LogP contribution in [-0.2, 0) is 9.84 Å². The summed E-state index contributed by atoms with van der Waals surface area (Å²) >= 11 is 0. The molecule has 2 aromatic heterocycles. The maximum atomic E-state index is 14.0. The number of benzene rings is 1. The molecule has 0 unspecified atom stereocenters. The molecule has 27 heavy (non-hydrogen) atoms. The first-order valence-electron chi connectivity index (χ1n) is 8.57. The zero-order chi connectivity index (χ0) is 19.2. The van der Waals surface area contributed by atoms with Crippen LogP contribution >= 0.6 is 0 Å². The summed E-state index contributed by atoms with van der Waals surface area (Å²) in [5, 5.41) is -0.343. The van der Waals surface area contributed by atoms with Gasteiger partial charge in [0.1, 0.15) is 27.0 Å². The van der Waals surface area contributed by atoms with Crippen LogP contribution < -0.4 is 4.90 Å². The van der Waals surface area contributed by atoms with Crippen molar-refractivity contribution in [3.8, 4) is 11.4 Å². The number of anilines is 1. The summed E-state index contributed by atoms with van der Waals surface area (Å²) in [6.45, 7) is 1.09. The zero-order valence-electron chi connectivity index (χ0n) is 14.6. The summed E-state index contributed by atoms with van der Waals surface area (Å²) in [6.07, 6.45) is 3.95. The molecule has 0 radical (unpaired) electrons. The third-order valence-corrected chi connectivity index (χ3v) is 6.62. The number of nitrogens with one attached hydrogen (secondary N) is 1. The van der Waals surface area contributed by atoms with E-state index >= 15 is 0 Å². The highest BCUT2D eigenvalue weighted by Crippen LogP contribution is 2.31. The highest BCUT2D eigenvalue weighted by molar-refractivity contribution is 7.91. The van der Waals surface area contributed by atoms with Crippen molar-refractivity contribution in [2.45, 2.75) is 18.1 Å². The Kier molecular flexibility index (Phi) is 4.33. The Balaban J connectivity index is 1.69. The Morgan fingerprint density at radius 1 is 1.19 bits per heavy atom. The van der Waals surface area contributed by atoms with E-state index in [1.807, 2.05) is 4.90 Å². The van der Waals surface area contributed by atoms with Gasteiger partial charge in [0.25, 0.3) is 0 Å². The van der Waals surface area contributed by atoms with Crippen LogP contribution in [0.15, 0.2) is 30.5 Å². The minimum Gasteiger partial charge on any atom is -0.356 e. The number of nitrogens with zero attached hydrogens (tertiary/aromatic N) is 3. The first kappa shape index (κ1) is 17.8. The Morgan fingerprint density at radius 3 is 2.63 bits per heavy atom. The van der Waals surface area contributed by atoms with Crippen LogP contribution in [0.4, 0.5) is 14.6 Å². The van der Waals surface area contributed by atoms with Crippen LogP contribution in [0.1, 0.15) is 12.8 Å². The fourth-order valence-electron chi connectivity index (χ4n) is 3.47. The number of aromatic nitrogens is 3. The fourth-order valence-corrected chi connectivity index (χ4v) is 4.54. The summed E-state index contributed by atoms with van der Waals surface area (Å²) in [5.41, 5.74) is 0.997. The van der Waals surface area contributed by atoms with Crippen molar-refractivity contribution in [3.05, 3.63) is 42.1 Å². The van der Waals surface area contributed by atoms with Gasteiger partial charge in [0.05, 0.1) is 16.3 Å². The number of piperidine rings is 1. The number of sulfone groups is 1. The monoisotopic (exact) mass is 392 g/mol. The quantitative estimate of drug-likeness (QED) is 0.742. The van der Waals surface area contributed by atoms with Gasteiger partial charge in [0.2, 0.25) is 0 Å². The third-order valence-electron chi connectivity index (χ3n) is 4.93. The molecule has 0 spiro atoms. The largest absolute Gasteiger partial charge is 0.356 e. The van der Waals surface area contributed by atoms with Crippen molar-refractivity contribution >= 4 is 26.7 Å². The Bertz CT molecular complexity index is 1110. The van der Waals surface area contributed by atoms with Crippen LogP contribution in [0.3, 0.4) is 0 Å². The van der Waals surface area contributed by atoms with E-state index in [1.165, 1.54) is 12.3 Å². The molecular weight excluding hydrogens is 374 g/mol. The summed E-state index contributed by atoms with van der Waals surface area (Å²) < 4.78 is 51.0. The molecule has 0 atom stereocenters. The second-order valence-corrected chi connectivity index (χ2v) is 9.06. The first-order chi connectivity index (χ1) is 12.8. The number of H-pyrrole nitrogens is 1. The van der Waals surface area contributed by atoms with E-state index in [0.29, 0.717) is 48.7 Å². The lowest BCUT2D eigenvalue weighted by Crippen LogP contribution is -2.39. The van der Waals surface area contributed by atoms with E-state index < -0.39 is 21.5 Å². The Morgan fingerprint density at radius 2 is 1.93 bits per heavy atom.